The molecule has 0 aliphatic carbocycles. The van der Waals surface area contributed by atoms with Crippen LogP contribution in [0.15, 0.2) is 65.7 Å². The molecular weight excluding hydrogens is 479 g/mol. The molecule has 4 rings (SSSR count). The van der Waals surface area contributed by atoms with Crippen molar-refractivity contribution in [3.05, 3.63) is 88.4 Å². The highest BCUT2D eigenvalue weighted by atomic mass is 35.5. The molecule has 1 atom stereocenters. The van der Waals surface area contributed by atoms with Crippen LogP contribution in [0.4, 0.5) is 4.39 Å². The van der Waals surface area contributed by atoms with Gasteiger partial charge < -0.3 is 4.74 Å². The van der Waals surface area contributed by atoms with E-state index >= 15 is 0 Å². The molecule has 0 aliphatic heterocycles. The average Bonchev–Trinajstić information content (AvgIpc) is 3.42. The van der Waals surface area contributed by atoms with Gasteiger partial charge >= 0.3 is 0 Å². The summed E-state index contributed by atoms with van der Waals surface area (Å²) in [7, 11) is 0. The Labute approximate surface area is 205 Å². The predicted molar refractivity (Wildman–Crippen MR) is 133 cm³/mol. The lowest BCUT2D eigenvalue weighted by molar-refractivity contribution is 0.210. The Kier molecular flexibility index (Phi) is 7.47. The molecule has 2 aromatic heterocycles. The van der Waals surface area contributed by atoms with Crippen LogP contribution in [0.1, 0.15) is 30.1 Å². The molecule has 0 N–H and O–H groups in total. The van der Waals surface area contributed by atoms with Crippen molar-refractivity contribution in [1.82, 2.24) is 19.7 Å². The summed E-state index contributed by atoms with van der Waals surface area (Å²) in [6.07, 6.45) is 1.34. The van der Waals surface area contributed by atoms with Crippen molar-refractivity contribution in [2.75, 3.05) is 0 Å². The summed E-state index contributed by atoms with van der Waals surface area (Å²) in [4.78, 5) is 4.77. The number of ether oxygens (including phenoxy) is 1. The van der Waals surface area contributed by atoms with Crippen LogP contribution in [0, 0.1) is 12.7 Å². The summed E-state index contributed by atoms with van der Waals surface area (Å²) in [5, 5.41) is 12.7. The number of halogens is 2. The first kappa shape index (κ1) is 23.5. The first-order valence-electron chi connectivity index (χ1n) is 10.2. The number of rotatable bonds is 9. The van der Waals surface area contributed by atoms with Gasteiger partial charge in [0.25, 0.3) is 0 Å². The fourth-order valence-electron chi connectivity index (χ4n) is 3.16. The van der Waals surface area contributed by atoms with Crippen LogP contribution >= 0.6 is 34.7 Å². The van der Waals surface area contributed by atoms with Crippen LogP contribution < -0.4 is 4.74 Å². The van der Waals surface area contributed by atoms with E-state index in [-0.39, 0.29) is 5.02 Å². The van der Waals surface area contributed by atoms with E-state index in [1.165, 1.54) is 23.8 Å². The lowest BCUT2D eigenvalue weighted by atomic mass is 10.2. The van der Waals surface area contributed by atoms with E-state index in [0.717, 1.165) is 21.4 Å². The second kappa shape index (κ2) is 10.5. The molecule has 170 valence electrons. The standard InChI is InChI=1S/C24H22ClFN4OS2/c1-4-11-30-22(16(3)31-21-10-9-18(26)12-20(21)25)28-29-24(30)33-14-19-13-32-23(27-19)17-7-5-15(2)6-8-17/h4-10,12-13,16H,1,11,14H2,2-3H3. The fourth-order valence-corrected chi connectivity index (χ4v) is 5.15. The van der Waals surface area contributed by atoms with Gasteiger partial charge in [-0.3, -0.25) is 4.57 Å². The quantitative estimate of drug-likeness (QED) is 0.181. The first-order chi connectivity index (χ1) is 15.9. The Morgan fingerprint density at radius 1 is 1.24 bits per heavy atom. The third kappa shape index (κ3) is 5.63. The fraction of sp³-hybridized carbons (Fsp3) is 0.208. The van der Waals surface area contributed by atoms with E-state index in [9.17, 15) is 4.39 Å². The van der Waals surface area contributed by atoms with Crippen molar-refractivity contribution in [3.63, 3.8) is 0 Å². The topological polar surface area (TPSA) is 52.8 Å². The van der Waals surface area contributed by atoms with Crippen molar-refractivity contribution in [2.24, 2.45) is 0 Å². The molecule has 0 radical (unpaired) electrons. The minimum Gasteiger partial charge on any atom is -0.481 e. The van der Waals surface area contributed by atoms with Gasteiger partial charge in [-0.25, -0.2) is 9.37 Å². The summed E-state index contributed by atoms with van der Waals surface area (Å²) >= 11 is 9.29. The number of aromatic nitrogens is 4. The average molecular weight is 501 g/mol. The van der Waals surface area contributed by atoms with Crippen molar-refractivity contribution >= 4 is 34.7 Å². The molecule has 2 heterocycles. The van der Waals surface area contributed by atoms with Crippen molar-refractivity contribution in [1.29, 1.82) is 0 Å². The van der Waals surface area contributed by atoms with E-state index in [1.54, 1.807) is 29.2 Å². The Morgan fingerprint density at radius 3 is 2.76 bits per heavy atom. The summed E-state index contributed by atoms with van der Waals surface area (Å²) in [6.45, 7) is 8.30. The molecule has 0 fully saturated rings. The minimum atomic E-state index is -0.442. The minimum absolute atomic E-state index is 0.208. The number of hydrogen-bond acceptors (Lipinski definition) is 6. The van der Waals surface area contributed by atoms with Crippen molar-refractivity contribution < 1.29 is 9.13 Å². The SMILES string of the molecule is C=CCn1c(SCc2csc(-c3ccc(C)cc3)n2)nnc1C(C)Oc1ccc(F)cc1Cl. The van der Waals surface area contributed by atoms with Gasteiger partial charge in [-0.15, -0.1) is 28.1 Å². The van der Waals surface area contributed by atoms with Crippen LogP contribution in [-0.2, 0) is 12.3 Å². The molecule has 33 heavy (non-hydrogen) atoms. The molecule has 4 aromatic rings. The van der Waals surface area contributed by atoms with Gasteiger partial charge in [0.2, 0.25) is 0 Å². The van der Waals surface area contributed by atoms with Crippen LogP contribution in [0.5, 0.6) is 5.75 Å². The first-order valence-corrected chi connectivity index (χ1v) is 12.5. The highest BCUT2D eigenvalue weighted by Gasteiger charge is 2.20. The van der Waals surface area contributed by atoms with Crippen LogP contribution in [-0.4, -0.2) is 19.7 Å². The Bertz CT molecular complexity index is 1260. The molecule has 2 aromatic carbocycles. The van der Waals surface area contributed by atoms with Gasteiger partial charge in [-0.2, -0.15) is 0 Å². The Morgan fingerprint density at radius 2 is 2.03 bits per heavy atom. The number of nitrogens with zero attached hydrogens (tertiary/aromatic N) is 4. The number of aryl methyl sites for hydroxylation is 1. The molecule has 0 saturated heterocycles. The van der Waals surface area contributed by atoms with Gasteiger partial charge in [-0.05, 0) is 32.0 Å². The third-order valence-corrected chi connectivity index (χ3v) is 7.05. The lowest BCUT2D eigenvalue weighted by Crippen LogP contribution is -2.12. The van der Waals surface area contributed by atoms with Gasteiger partial charge in [0.1, 0.15) is 16.6 Å². The lowest BCUT2D eigenvalue weighted by Gasteiger charge is -2.16. The van der Waals surface area contributed by atoms with Gasteiger partial charge in [0, 0.05) is 23.2 Å². The Balaban J connectivity index is 1.47. The van der Waals surface area contributed by atoms with Crippen molar-refractivity contribution in [2.45, 2.75) is 37.4 Å². The zero-order chi connectivity index (χ0) is 23.4. The summed E-state index contributed by atoms with van der Waals surface area (Å²) in [5.41, 5.74) is 3.32. The smallest absolute Gasteiger partial charge is 0.192 e. The van der Waals surface area contributed by atoms with E-state index in [0.29, 0.717) is 23.9 Å². The van der Waals surface area contributed by atoms with E-state index < -0.39 is 11.9 Å². The molecular formula is C24H22ClFN4OS2. The molecule has 1 unspecified atom stereocenters. The molecule has 0 amide bonds. The van der Waals surface area contributed by atoms with Crippen LogP contribution in [0.25, 0.3) is 10.6 Å². The second-order valence-electron chi connectivity index (χ2n) is 7.37. The number of thioether (sulfide) groups is 1. The van der Waals surface area contributed by atoms with E-state index in [2.05, 4.69) is 53.3 Å². The van der Waals surface area contributed by atoms with Gasteiger partial charge in [0.15, 0.2) is 17.1 Å². The number of benzene rings is 2. The number of allylic oxidation sites excluding steroid dienone is 1. The summed E-state index contributed by atoms with van der Waals surface area (Å²) < 4.78 is 21.2. The van der Waals surface area contributed by atoms with E-state index in [1.807, 2.05) is 11.5 Å². The normalized spacial score (nSPS) is 12.0. The maximum atomic E-state index is 13.3. The highest BCUT2D eigenvalue weighted by Crippen LogP contribution is 2.32. The molecule has 0 saturated carbocycles. The van der Waals surface area contributed by atoms with Crippen molar-refractivity contribution in [3.8, 4) is 16.3 Å². The Hall–Kier alpha value is -2.68. The molecule has 0 bridgehead atoms. The zero-order valence-electron chi connectivity index (χ0n) is 18.2. The summed E-state index contributed by atoms with van der Waals surface area (Å²) in [5.74, 6) is 1.27. The maximum absolute atomic E-state index is 13.3. The number of hydrogen-bond donors (Lipinski definition) is 0. The molecule has 9 heteroatoms. The summed E-state index contributed by atoms with van der Waals surface area (Å²) in [6, 6.07) is 12.4. The predicted octanol–water partition coefficient (Wildman–Crippen LogP) is 7.12. The molecule has 5 nitrogen and oxygen atoms in total. The highest BCUT2D eigenvalue weighted by molar-refractivity contribution is 7.98. The third-order valence-electron chi connectivity index (χ3n) is 4.82. The van der Waals surface area contributed by atoms with Crippen LogP contribution in [0.3, 0.4) is 0 Å². The maximum Gasteiger partial charge on any atom is 0.192 e. The molecule has 0 aliphatic rings. The van der Waals surface area contributed by atoms with E-state index in [4.69, 9.17) is 21.3 Å². The zero-order valence-corrected chi connectivity index (χ0v) is 20.6. The van der Waals surface area contributed by atoms with Gasteiger partial charge in [0.05, 0.1) is 10.7 Å². The molecule has 0 spiro atoms. The van der Waals surface area contributed by atoms with Gasteiger partial charge in [-0.1, -0.05) is 59.3 Å². The largest absolute Gasteiger partial charge is 0.481 e. The second-order valence-corrected chi connectivity index (χ2v) is 9.58. The van der Waals surface area contributed by atoms with Crippen LogP contribution in [0.2, 0.25) is 5.02 Å². The monoisotopic (exact) mass is 500 g/mol. The number of thiazole rings is 1.